The lowest BCUT2D eigenvalue weighted by Gasteiger charge is -2.27. The number of nitrogens with one attached hydrogen (secondary N) is 1. The van der Waals surface area contributed by atoms with Crippen LogP contribution in [0.15, 0.2) is 24.3 Å². The van der Waals surface area contributed by atoms with E-state index in [2.05, 4.69) is 10.1 Å². The van der Waals surface area contributed by atoms with Gasteiger partial charge in [0.15, 0.2) is 13.2 Å². The number of nitrogens with zero attached hydrogens (tertiary/aromatic N) is 1. The van der Waals surface area contributed by atoms with Gasteiger partial charge in [0, 0.05) is 0 Å². The number of alkyl halides is 3. The average molecular weight is 372 g/mol. The van der Waals surface area contributed by atoms with Gasteiger partial charge in [-0.3, -0.25) is 4.79 Å². The highest BCUT2D eigenvalue weighted by Crippen LogP contribution is 2.31. The molecule has 1 atom stereocenters. The van der Waals surface area contributed by atoms with E-state index in [-0.39, 0.29) is 11.7 Å². The second-order valence-corrected chi connectivity index (χ2v) is 5.99. The fourth-order valence-corrected chi connectivity index (χ4v) is 1.72. The minimum Gasteiger partial charge on any atom is -0.482 e. The van der Waals surface area contributed by atoms with Crippen LogP contribution in [0.25, 0.3) is 0 Å². The van der Waals surface area contributed by atoms with Crippen LogP contribution in [0, 0.1) is 17.2 Å². The molecule has 0 heterocycles. The van der Waals surface area contributed by atoms with Crippen molar-refractivity contribution in [2.45, 2.75) is 32.5 Å². The van der Waals surface area contributed by atoms with Crippen LogP contribution in [0.5, 0.6) is 5.75 Å². The summed E-state index contributed by atoms with van der Waals surface area (Å²) in [7, 11) is 0. The fraction of sp³-hybridized carbons (Fsp3) is 0.471. The first-order valence-corrected chi connectivity index (χ1v) is 7.66. The van der Waals surface area contributed by atoms with Gasteiger partial charge in [0.2, 0.25) is 0 Å². The van der Waals surface area contributed by atoms with Crippen LogP contribution in [-0.4, -0.2) is 30.6 Å². The Bertz CT molecular complexity index is 698. The smallest absolute Gasteiger partial charge is 0.416 e. The maximum atomic E-state index is 12.6. The third-order valence-electron chi connectivity index (χ3n) is 3.67. The molecule has 1 aromatic carbocycles. The standard InChI is InChI=1S/C17H19F3N2O4/c1-11(2)16(3,10-21)22-14(23)8-26-15(24)9-25-13-6-4-5-12(7-13)17(18,19)20/h4-7,11H,8-9H2,1-3H3,(H,22,23)/t16-/m1/s1. The molecule has 0 aliphatic rings. The van der Waals surface area contributed by atoms with Crippen LogP contribution in [0.1, 0.15) is 26.3 Å². The highest BCUT2D eigenvalue weighted by Gasteiger charge is 2.31. The number of esters is 1. The summed E-state index contributed by atoms with van der Waals surface area (Å²) >= 11 is 0. The van der Waals surface area contributed by atoms with Gasteiger partial charge in [0.05, 0.1) is 11.6 Å². The lowest BCUT2D eigenvalue weighted by molar-refractivity contribution is -0.150. The molecule has 1 rings (SSSR count). The number of hydrogen-bond donors (Lipinski definition) is 1. The van der Waals surface area contributed by atoms with E-state index < -0.39 is 42.4 Å². The molecular formula is C17H19F3N2O4. The van der Waals surface area contributed by atoms with Crippen molar-refractivity contribution in [3.05, 3.63) is 29.8 Å². The van der Waals surface area contributed by atoms with Gasteiger partial charge in [-0.15, -0.1) is 0 Å². The van der Waals surface area contributed by atoms with Crippen molar-refractivity contribution in [2.75, 3.05) is 13.2 Å². The first-order chi connectivity index (χ1) is 12.0. The van der Waals surface area contributed by atoms with E-state index in [9.17, 15) is 22.8 Å². The Morgan fingerprint density at radius 3 is 2.46 bits per heavy atom. The topological polar surface area (TPSA) is 88.4 Å². The number of halogens is 3. The van der Waals surface area contributed by atoms with Crippen LogP contribution in [-0.2, 0) is 20.5 Å². The molecule has 0 bridgehead atoms. The lowest BCUT2D eigenvalue weighted by Crippen LogP contribution is -2.50. The Balaban J connectivity index is 2.49. The minimum absolute atomic E-state index is 0.155. The Kier molecular flexibility index (Phi) is 7.01. The van der Waals surface area contributed by atoms with Gasteiger partial charge in [0.25, 0.3) is 5.91 Å². The molecule has 1 amide bonds. The van der Waals surface area contributed by atoms with Crippen molar-refractivity contribution in [3.63, 3.8) is 0 Å². The van der Waals surface area contributed by atoms with Crippen molar-refractivity contribution >= 4 is 11.9 Å². The van der Waals surface area contributed by atoms with Crippen molar-refractivity contribution in [3.8, 4) is 11.8 Å². The summed E-state index contributed by atoms with van der Waals surface area (Å²) in [6.45, 7) is 3.74. The molecule has 1 aromatic rings. The Hall–Kier alpha value is -2.76. The van der Waals surface area contributed by atoms with E-state index in [1.807, 2.05) is 6.07 Å². The van der Waals surface area contributed by atoms with Gasteiger partial charge < -0.3 is 14.8 Å². The van der Waals surface area contributed by atoms with E-state index in [1.54, 1.807) is 13.8 Å². The number of amides is 1. The third-order valence-corrected chi connectivity index (χ3v) is 3.67. The predicted octanol–water partition coefficient (Wildman–Crippen LogP) is 2.68. The third kappa shape index (κ3) is 6.27. The molecule has 26 heavy (non-hydrogen) atoms. The number of rotatable bonds is 7. The molecule has 0 unspecified atom stereocenters. The number of benzene rings is 1. The van der Waals surface area contributed by atoms with Crippen molar-refractivity contribution in [2.24, 2.45) is 5.92 Å². The van der Waals surface area contributed by atoms with E-state index in [4.69, 9.17) is 10.00 Å². The summed E-state index contributed by atoms with van der Waals surface area (Å²) in [5.41, 5.74) is -2.02. The first kappa shape index (κ1) is 21.3. The van der Waals surface area contributed by atoms with Crippen LogP contribution in [0.4, 0.5) is 13.2 Å². The van der Waals surface area contributed by atoms with Crippen LogP contribution in [0.2, 0.25) is 0 Å². The monoisotopic (exact) mass is 372 g/mol. The van der Waals surface area contributed by atoms with Gasteiger partial charge in [0.1, 0.15) is 11.3 Å². The highest BCUT2D eigenvalue weighted by atomic mass is 19.4. The van der Waals surface area contributed by atoms with Gasteiger partial charge in [-0.2, -0.15) is 18.4 Å². The second kappa shape index (κ2) is 8.56. The quantitative estimate of drug-likeness (QED) is 0.744. The maximum Gasteiger partial charge on any atom is 0.416 e. The van der Waals surface area contributed by atoms with Gasteiger partial charge in [-0.25, -0.2) is 4.79 Å². The van der Waals surface area contributed by atoms with Crippen molar-refractivity contribution in [1.29, 1.82) is 5.26 Å². The minimum atomic E-state index is -4.53. The SMILES string of the molecule is CC(C)[C@@](C)(C#N)NC(=O)COC(=O)COc1cccc(C(F)(F)F)c1. The molecule has 142 valence electrons. The molecule has 0 aliphatic heterocycles. The number of nitriles is 1. The molecule has 6 nitrogen and oxygen atoms in total. The number of ether oxygens (including phenoxy) is 2. The zero-order chi connectivity index (χ0) is 20.0. The summed E-state index contributed by atoms with van der Waals surface area (Å²) in [6, 6.07) is 6.00. The summed E-state index contributed by atoms with van der Waals surface area (Å²) in [6.07, 6.45) is -4.53. The Labute approximate surface area is 148 Å². The highest BCUT2D eigenvalue weighted by molar-refractivity contribution is 5.81. The average Bonchev–Trinajstić information content (AvgIpc) is 2.57. The normalized spacial score (nSPS) is 13.5. The molecule has 0 fully saturated rings. The van der Waals surface area contributed by atoms with Crippen LogP contribution in [0.3, 0.4) is 0 Å². The summed E-state index contributed by atoms with van der Waals surface area (Å²) in [5, 5.41) is 11.6. The zero-order valence-corrected chi connectivity index (χ0v) is 14.5. The lowest BCUT2D eigenvalue weighted by atomic mass is 9.90. The van der Waals surface area contributed by atoms with E-state index in [0.717, 1.165) is 18.2 Å². The number of hydrogen-bond acceptors (Lipinski definition) is 5. The largest absolute Gasteiger partial charge is 0.482 e. The molecule has 1 N–H and O–H groups in total. The van der Waals surface area contributed by atoms with Gasteiger partial charge in [-0.1, -0.05) is 19.9 Å². The molecule has 0 aromatic heterocycles. The first-order valence-electron chi connectivity index (χ1n) is 7.66. The second-order valence-electron chi connectivity index (χ2n) is 5.99. The molecule has 0 radical (unpaired) electrons. The van der Waals surface area contributed by atoms with Crippen LogP contribution >= 0.6 is 0 Å². The van der Waals surface area contributed by atoms with Gasteiger partial charge >= 0.3 is 12.1 Å². The zero-order valence-electron chi connectivity index (χ0n) is 14.5. The molecule has 0 saturated heterocycles. The number of carbonyl (C=O) groups excluding carboxylic acids is 2. The Morgan fingerprint density at radius 1 is 1.27 bits per heavy atom. The van der Waals surface area contributed by atoms with Crippen molar-refractivity contribution in [1.82, 2.24) is 5.32 Å². The molecular weight excluding hydrogens is 353 g/mol. The molecule has 9 heteroatoms. The van der Waals surface area contributed by atoms with E-state index in [1.165, 1.54) is 13.0 Å². The summed E-state index contributed by atoms with van der Waals surface area (Å²) in [5.74, 6) is -1.93. The fourth-order valence-electron chi connectivity index (χ4n) is 1.72. The molecule has 0 aliphatic carbocycles. The summed E-state index contributed by atoms with van der Waals surface area (Å²) in [4.78, 5) is 23.3. The maximum absolute atomic E-state index is 12.6. The van der Waals surface area contributed by atoms with Crippen molar-refractivity contribution < 1.29 is 32.2 Å². The predicted molar refractivity (Wildman–Crippen MR) is 84.9 cm³/mol. The summed E-state index contributed by atoms with van der Waals surface area (Å²) < 4.78 is 47.4. The van der Waals surface area contributed by atoms with Gasteiger partial charge in [-0.05, 0) is 31.0 Å². The number of carbonyl (C=O) groups is 2. The molecule has 0 spiro atoms. The van der Waals surface area contributed by atoms with E-state index >= 15 is 0 Å². The van der Waals surface area contributed by atoms with E-state index in [0.29, 0.717) is 0 Å². The van der Waals surface area contributed by atoms with Crippen LogP contribution < -0.4 is 10.1 Å². The molecule has 0 saturated carbocycles. The Morgan fingerprint density at radius 2 is 1.92 bits per heavy atom.